The Morgan fingerprint density at radius 2 is 2.20 bits per heavy atom. The van der Waals surface area contributed by atoms with E-state index in [1.807, 2.05) is 22.6 Å². The monoisotopic (exact) mass is 533 g/mol. The molecule has 1 aliphatic heterocycles. The zero-order chi connectivity index (χ0) is 22.0. The summed E-state index contributed by atoms with van der Waals surface area (Å²) in [5.41, 5.74) is -0.992. The van der Waals surface area contributed by atoms with Gasteiger partial charge in [-0.25, -0.2) is 4.79 Å². The van der Waals surface area contributed by atoms with Crippen LogP contribution >= 0.6 is 22.6 Å². The van der Waals surface area contributed by atoms with Gasteiger partial charge in [0.2, 0.25) is 0 Å². The fraction of sp³-hybridized carbons (Fsp3) is 0.444. The number of benzene rings is 1. The second kappa shape index (κ2) is 9.34. The van der Waals surface area contributed by atoms with Crippen LogP contribution in [-0.2, 0) is 16.1 Å². The molecule has 0 amide bonds. The van der Waals surface area contributed by atoms with Crippen molar-refractivity contribution in [1.82, 2.24) is 9.55 Å². The zero-order valence-corrected chi connectivity index (χ0v) is 18.0. The van der Waals surface area contributed by atoms with Crippen LogP contribution in [0, 0.1) is 13.7 Å². The summed E-state index contributed by atoms with van der Waals surface area (Å²) in [4.78, 5) is 37.3. The zero-order valence-electron chi connectivity index (χ0n) is 15.9. The number of hydrogen-bond acceptors (Lipinski definition) is 8. The van der Waals surface area contributed by atoms with Gasteiger partial charge in [-0.1, -0.05) is 0 Å². The quantitative estimate of drug-likeness (QED) is 0.270. The maximum Gasteiger partial charge on any atom is 0.330 e. The third-order valence-corrected chi connectivity index (χ3v) is 5.52. The van der Waals surface area contributed by atoms with Gasteiger partial charge in [-0.2, -0.15) is 0 Å². The lowest BCUT2D eigenvalue weighted by molar-refractivity contribution is -0.386. The molecule has 30 heavy (non-hydrogen) atoms. The Hall–Kier alpha value is -2.13. The van der Waals surface area contributed by atoms with Crippen molar-refractivity contribution in [2.24, 2.45) is 0 Å². The molecule has 2 aromatic rings. The van der Waals surface area contributed by atoms with Crippen molar-refractivity contribution in [2.75, 3.05) is 6.61 Å². The highest BCUT2D eigenvalue weighted by Crippen LogP contribution is 2.30. The molecular formula is C18H20IN3O8. The van der Waals surface area contributed by atoms with Crippen LogP contribution in [0.2, 0.25) is 0 Å². The number of nitrogens with one attached hydrogen (secondary N) is 1. The summed E-state index contributed by atoms with van der Waals surface area (Å²) in [5.74, 6) is 0. The molecule has 3 rings (SSSR count). The molecule has 1 aromatic carbocycles. The fourth-order valence-electron chi connectivity index (χ4n) is 3.22. The minimum atomic E-state index is -0.944. The first-order valence-electron chi connectivity index (χ1n) is 9.05. The standard InChI is InChI=1S/C18H20IN3O8/c1-9(12-3-2-11(19)4-13(12)22(27)28)29-8-10-6-21(18(26)20-17(10)25)16-5-14(24)15(7-23)30-16/h2-4,6,9,14-16,23-24H,5,7-8H2,1H3,(H,20,25,26)/t9?,14?,15-,16-/m0/s1. The van der Waals surface area contributed by atoms with Gasteiger partial charge in [0.25, 0.3) is 11.2 Å². The van der Waals surface area contributed by atoms with E-state index in [2.05, 4.69) is 4.98 Å². The van der Waals surface area contributed by atoms with Crippen molar-refractivity contribution in [2.45, 2.75) is 44.5 Å². The smallest absolute Gasteiger partial charge is 0.330 e. The van der Waals surface area contributed by atoms with Gasteiger partial charge in [-0.3, -0.25) is 24.5 Å². The summed E-state index contributed by atoms with van der Waals surface area (Å²) in [5, 5.41) is 30.4. The van der Waals surface area contributed by atoms with Crippen molar-refractivity contribution in [3.05, 3.63) is 70.0 Å². The number of aromatic amines is 1. The number of hydrogen-bond donors (Lipinski definition) is 3. The van der Waals surface area contributed by atoms with Crippen LogP contribution in [-0.4, -0.2) is 43.5 Å². The molecule has 1 aliphatic rings. The molecule has 0 saturated carbocycles. The van der Waals surface area contributed by atoms with Crippen molar-refractivity contribution in [3.63, 3.8) is 0 Å². The van der Waals surface area contributed by atoms with Crippen LogP contribution < -0.4 is 11.2 Å². The first kappa shape index (κ1) is 22.6. The van der Waals surface area contributed by atoms with Crippen molar-refractivity contribution in [1.29, 1.82) is 0 Å². The Morgan fingerprint density at radius 3 is 2.83 bits per heavy atom. The summed E-state index contributed by atoms with van der Waals surface area (Å²) in [7, 11) is 0. The number of H-pyrrole nitrogens is 1. The van der Waals surface area contributed by atoms with E-state index in [1.165, 1.54) is 12.3 Å². The van der Waals surface area contributed by atoms with E-state index in [-0.39, 0.29) is 24.3 Å². The topological polar surface area (TPSA) is 157 Å². The van der Waals surface area contributed by atoms with Gasteiger partial charge >= 0.3 is 5.69 Å². The second-order valence-electron chi connectivity index (χ2n) is 6.85. The molecule has 12 heteroatoms. The lowest BCUT2D eigenvalue weighted by Crippen LogP contribution is -2.34. The minimum Gasteiger partial charge on any atom is -0.394 e. The highest BCUT2D eigenvalue weighted by atomic mass is 127. The predicted molar refractivity (Wildman–Crippen MR) is 112 cm³/mol. The fourth-order valence-corrected chi connectivity index (χ4v) is 3.69. The number of aliphatic hydroxyl groups excluding tert-OH is 2. The molecule has 2 unspecified atom stereocenters. The lowest BCUT2D eigenvalue weighted by atomic mass is 10.1. The molecule has 1 fully saturated rings. The Kier molecular flexibility index (Phi) is 7.02. The third-order valence-electron chi connectivity index (χ3n) is 4.85. The molecule has 1 aromatic heterocycles. The van der Waals surface area contributed by atoms with Crippen LogP contribution in [0.5, 0.6) is 0 Å². The summed E-state index contributed by atoms with van der Waals surface area (Å²) < 4.78 is 13.0. The third kappa shape index (κ3) is 4.78. The summed E-state index contributed by atoms with van der Waals surface area (Å²) >= 11 is 1.98. The predicted octanol–water partition coefficient (Wildman–Crippen LogP) is 0.968. The van der Waals surface area contributed by atoms with Crippen molar-refractivity contribution in [3.8, 4) is 0 Å². The Morgan fingerprint density at radius 1 is 1.47 bits per heavy atom. The number of halogens is 1. The SMILES string of the molecule is CC(OCc1cn([C@@H]2CC(O)[C@H](CO)O2)c(=O)[nH]c1=O)c1ccc(I)cc1[N+](=O)[O-]. The minimum absolute atomic E-state index is 0.0721. The maximum absolute atomic E-state index is 12.2. The molecule has 3 N–H and O–H groups in total. The van der Waals surface area contributed by atoms with E-state index in [1.54, 1.807) is 19.1 Å². The van der Waals surface area contributed by atoms with E-state index in [4.69, 9.17) is 9.47 Å². The number of rotatable bonds is 7. The normalized spacial score (nSPS) is 22.2. The van der Waals surface area contributed by atoms with Gasteiger partial charge in [-0.15, -0.1) is 0 Å². The molecule has 1 saturated heterocycles. The van der Waals surface area contributed by atoms with Crippen molar-refractivity contribution < 1.29 is 24.6 Å². The van der Waals surface area contributed by atoms with Gasteiger partial charge < -0.3 is 19.7 Å². The maximum atomic E-state index is 12.2. The van der Waals surface area contributed by atoms with E-state index in [9.17, 15) is 29.9 Å². The van der Waals surface area contributed by atoms with Gasteiger partial charge in [0.15, 0.2) is 0 Å². The Balaban J connectivity index is 1.80. The lowest BCUT2D eigenvalue weighted by Gasteiger charge is -2.17. The molecule has 0 bridgehead atoms. The number of nitro groups is 1. The molecule has 11 nitrogen and oxygen atoms in total. The number of nitro benzene ring substituents is 1. The van der Waals surface area contributed by atoms with Crippen LogP contribution in [0.1, 0.15) is 36.8 Å². The van der Waals surface area contributed by atoms with E-state index in [0.29, 0.717) is 9.13 Å². The van der Waals surface area contributed by atoms with Crippen LogP contribution in [0.15, 0.2) is 34.0 Å². The first-order valence-corrected chi connectivity index (χ1v) is 10.1. The van der Waals surface area contributed by atoms with Crippen molar-refractivity contribution >= 4 is 28.3 Å². The number of aromatic nitrogens is 2. The Labute approximate surface area is 183 Å². The molecule has 0 aliphatic carbocycles. The Bertz CT molecular complexity index is 1050. The number of nitrogens with zero attached hydrogens (tertiary/aromatic N) is 2. The molecular weight excluding hydrogens is 513 g/mol. The highest BCUT2D eigenvalue weighted by molar-refractivity contribution is 14.1. The van der Waals surface area contributed by atoms with E-state index >= 15 is 0 Å². The summed E-state index contributed by atoms with van der Waals surface area (Å²) in [6.45, 7) is 1.01. The molecule has 162 valence electrons. The van der Waals surface area contributed by atoms with Crippen LogP contribution in [0.4, 0.5) is 5.69 Å². The second-order valence-corrected chi connectivity index (χ2v) is 8.09. The molecule has 2 heterocycles. The molecule has 4 atom stereocenters. The summed E-state index contributed by atoms with van der Waals surface area (Å²) in [6.07, 6.45) is -1.97. The van der Waals surface area contributed by atoms with Crippen LogP contribution in [0.25, 0.3) is 0 Å². The largest absolute Gasteiger partial charge is 0.394 e. The van der Waals surface area contributed by atoms with Gasteiger partial charge in [-0.05, 0) is 41.6 Å². The van der Waals surface area contributed by atoms with E-state index in [0.717, 1.165) is 4.57 Å². The number of ether oxygens (including phenoxy) is 2. The molecule has 0 spiro atoms. The van der Waals surface area contributed by atoms with Gasteiger partial charge in [0.05, 0.1) is 41.5 Å². The average Bonchev–Trinajstić information content (AvgIpc) is 3.07. The first-order chi connectivity index (χ1) is 14.2. The average molecular weight is 533 g/mol. The summed E-state index contributed by atoms with van der Waals surface area (Å²) in [6, 6.07) is 4.75. The van der Waals surface area contributed by atoms with E-state index < -0.39 is 47.3 Å². The van der Waals surface area contributed by atoms with Gasteiger partial charge in [0.1, 0.15) is 12.3 Å². The van der Waals surface area contributed by atoms with Gasteiger partial charge in [0, 0.05) is 22.3 Å². The number of aliphatic hydroxyl groups is 2. The highest BCUT2D eigenvalue weighted by Gasteiger charge is 2.35. The molecule has 0 radical (unpaired) electrons. The van der Waals surface area contributed by atoms with Crippen LogP contribution in [0.3, 0.4) is 0 Å².